The second-order valence-corrected chi connectivity index (χ2v) is 7.89. The third kappa shape index (κ3) is 3.11. The van der Waals surface area contributed by atoms with Crippen LogP contribution in [0.1, 0.15) is 18.4 Å². The summed E-state index contributed by atoms with van der Waals surface area (Å²) in [5.41, 5.74) is 2.29. The molecule has 2 aliphatic rings. The van der Waals surface area contributed by atoms with Gasteiger partial charge < -0.3 is 10.2 Å². The molecule has 0 aliphatic carbocycles. The summed E-state index contributed by atoms with van der Waals surface area (Å²) >= 11 is 0. The number of likely N-dealkylation sites (N-methyl/N-ethyl adjacent to an activating group) is 2. The van der Waals surface area contributed by atoms with Crippen LogP contribution in [0.15, 0.2) is 23.1 Å². The standard InChI is InChI=1S/C15H23N3O2S.ClH/c1-16-13-4-3-8-18(11-13)21(19,20)14-6-5-12-7-9-17(2)15(12)10-14;/h5-6,10,13,16H,3-4,7-9,11H2,1-2H3;1H. The summed E-state index contributed by atoms with van der Waals surface area (Å²) in [5, 5.41) is 3.19. The Hall–Kier alpha value is -0.820. The fraction of sp³-hybridized carbons (Fsp3) is 0.600. The number of nitrogens with one attached hydrogen (secondary N) is 1. The minimum Gasteiger partial charge on any atom is -0.374 e. The molecule has 3 rings (SSSR count). The third-order valence-corrected chi connectivity index (χ3v) is 6.48. The maximum absolute atomic E-state index is 12.8. The topological polar surface area (TPSA) is 52.7 Å². The van der Waals surface area contributed by atoms with Gasteiger partial charge in [0.15, 0.2) is 0 Å². The molecule has 2 heterocycles. The first kappa shape index (κ1) is 17.5. The van der Waals surface area contributed by atoms with Gasteiger partial charge in [-0.15, -0.1) is 12.4 Å². The summed E-state index contributed by atoms with van der Waals surface area (Å²) in [6.07, 6.45) is 2.95. The lowest BCUT2D eigenvalue weighted by molar-refractivity contribution is 0.293. The van der Waals surface area contributed by atoms with E-state index in [9.17, 15) is 8.42 Å². The lowest BCUT2D eigenvalue weighted by atomic mass is 10.1. The molecule has 5 nitrogen and oxygen atoms in total. The average molecular weight is 346 g/mol. The zero-order valence-electron chi connectivity index (χ0n) is 13.1. The number of sulfonamides is 1. The minimum atomic E-state index is -3.38. The number of benzene rings is 1. The SMILES string of the molecule is CNC1CCCN(S(=O)(=O)c2ccc3c(c2)N(C)CC3)C1.Cl. The molecule has 1 atom stereocenters. The molecule has 1 fully saturated rings. The van der Waals surface area contributed by atoms with Crippen molar-refractivity contribution < 1.29 is 8.42 Å². The average Bonchev–Trinajstić information content (AvgIpc) is 2.88. The number of fused-ring (bicyclic) bond motifs is 1. The normalized spacial score (nSPS) is 22.3. The molecule has 0 spiro atoms. The number of halogens is 1. The van der Waals surface area contributed by atoms with Gasteiger partial charge in [0.05, 0.1) is 4.90 Å². The van der Waals surface area contributed by atoms with Crippen LogP contribution in [0.4, 0.5) is 5.69 Å². The first-order valence-electron chi connectivity index (χ1n) is 7.54. The predicted molar refractivity (Wildman–Crippen MR) is 91.5 cm³/mol. The number of piperidine rings is 1. The van der Waals surface area contributed by atoms with E-state index in [4.69, 9.17) is 0 Å². The van der Waals surface area contributed by atoms with Gasteiger partial charge in [0.1, 0.15) is 0 Å². The van der Waals surface area contributed by atoms with E-state index < -0.39 is 10.0 Å². The Balaban J connectivity index is 0.00000176. The van der Waals surface area contributed by atoms with Crippen molar-refractivity contribution in [2.45, 2.75) is 30.2 Å². The van der Waals surface area contributed by atoms with Crippen molar-refractivity contribution in [2.24, 2.45) is 0 Å². The molecule has 124 valence electrons. The van der Waals surface area contributed by atoms with Crippen LogP contribution in [0, 0.1) is 0 Å². The summed E-state index contributed by atoms with van der Waals surface area (Å²) in [7, 11) is 0.525. The summed E-state index contributed by atoms with van der Waals surface area (Å²) in [4.78, 5) is 2.55. The van der Waals surface area contributed by atoms with Gasteiger partial charge in [-0.05, 0) is 44.0 Å². The molecular weight excluding hydrogens is 322 g/mol. The van der Waals surface area contributed by atoms with E-state index in [1.165, 1.54) is 5.56 Å². The Morgan fingerprint density at radius 2 is 2.05 bits per heavy atom. The van der Waals surface area contributed by atoms with Crippen molar-refractivity contribution in [1.82, 2.24) is 9.62 Å². The zero-order valence-corrected chi connectivity index (χ0v) is 14.7. The predicted octanol–water partition coefficient (Wildman–Crippen LogP) is 1.47. The van der Waals surface area contributed by atoms with Crippen molar-refractivity contribution in [3.8, 4) is 0 Å². The lowest BCUT2D eigenvalue weighted by Gasteiger charge is -2.31. The van der Waals surface area contributed by atoms with E-state index >= 15 is 0 Å². The van der Waals surface area contributed by atoms with Crippen LogP contribution >= 0.6 is 12.4 Å². The molecule has 1 unspecified atom stereocenters. The fourth-order valence-corrected chi connectivity index (χ4v) is 4.77. The van der Waals surface area contributed by atoms with E-state index in [1.54, 1.807) is 10.4 Å². The summed E-state index contributed by atoms with van der Waals surface area (Å²) in [5.74, 6) is 0. The van der Waals surface area contributed by atoms with Crippen LogP contribution in [-0.4, -0.2) is 52.5 Å². The Morgan fingerprint density at radius 3 is 2.77 bits per heavy atom. The Labute approximate surface area is 139 Å². The van der Waals surface area contributed by atoms with Crippen LogP contribution < -0.4 is 10.2 Å². The van der Waals surface area contributed by atoms with Crippen LogP contribution in [0.25, 0.3) is 0 Å². The van der Waals surface area contributed by atoms with Gasteiger partial charge in [-0.2, -0.15) is 4.31 Å². The van der Waals surface area contributed by atoms with E-state index in [2.05, 4.69) is 10.2 Å². The van der Waals surface area contributed by atoms with Gasteiger partial charge in [0.2, 0.25) is 10.0 Å². The van der Waals surface area contributed by atoms with Crippen LogP contribution in [0.5, 0.6) is 0 Å². The highest BCUT2D eigenvalue weighted by atomic mass is 35.5. The van der Waals surface area contributed by atoms with Crippen molar-refractivity contribution in [3.63, 3.8) is 0 Å². The lowest BCUT2D eigenvalue weighted by Crippen LogP contribution is -2.46. The minimum absolute atomic E-state index is 0. The highest BCUT2D eigenvalue weighted by molar-refractivity contribution is 7.89. The molecular formula is C15H24ClN3O2S. The molecule has 7 heteroatoms. The maximum atomic E-state index is 12.8. The summed E-state index contributed by atoms with van der Waals surface area (Å²) in [6.45, 7) is 2.14. The number of rotatable bonds is 3. The fourth-order valence-electron chi connectivity index (χ4n) is 3.22. The highest BCUT2D eigenvalue weighted by Crippen LogP contribution is 2.31. The summed E-state index contributed by atoms with van der Waals surface area (Å²) < 4.78 is 27.3. The molecule has 1 aromatic carbocycles. The Bertz CT molecular complexity index is 636. The monoisotopic (exact) mass is 345 g/mol. The summed E-state index contributed by atoms with van der Waals surface area (Å²) in [6, 6.07) is 5.81. The van der Waals surface area contributed by atoms with E-state index in [0.717, 1.165) is 31.5 Å². The molecule has 0 aromatic heterocycles. The van der Waals surface area contributed by atoms with E-state index in [1.807, 2.05) is 26.2 Å². The third-order valence-electron chi connectivity index (χ3n) is 4.61. The first-order chi connectivity index (χ1) is 10.0. The van der Waals surface area contributed by atoms with Gasteiger partial charge in [0, 0.05) is 38.4 Å². The van der Waals surface area contributed by atoms with Gasteiger partial charge in [-0.25, -0.2) is 8.42 Å². The maximum Gasteiger partial charge on any atom is 0.243 e. The molecule has 0 saturated carbocycles. The van der Waals surface area contributed by atoms with E-state index in [-0.39, 0.29) is 18.4 Å². The molecule has 2 aliphatic heterocycles. The quantitative estimate of drug-likeness (QED) is 0.901. The molecule has 1 saturated heterocycles. The number of nitrogens with zero attached hydrogens (tertiary/aromatic N) is 2. The van der Waals surface area contributed by atoms with Gasteiger partial charge >= 0.3 is 0 Å². The second-order valence-electron chi connectivity index (χ2n) is 5.95. The first-order valence-corrected chi connectivity index (χ1v) is 8.98. The number of hydrogen-bond donors (Lipinski definition) is 1. The Kier molecular flexibility index (Phi) is 5.37. The Morgan fingerprint density at radius 1 is 1.27 bits per heavy atom. The molecule has 0 radical (unpaired) electrons. The molecule has 0 amide bonds. The van der Waals surface area contributed by atoms with Gasteiger partial charge in [0.25, 0.3) is 0 Å². The van der Waals surface area contributed by atoms with Crippen molar-refractivity contribution in [1.29, 1.82) is 0 Å². The zero-order chi connectivity index (χ0) is 15.0. The second kappa shape index (κ2) is 6.74. The number of hydrogen-bond acceptors (Lipinski definition) is 4. The van der Waals surface area contributed by atoms with Gasteiger partial charge in [-0.1, -0.05) is 6.07 Å². The van der Waals surface area contributed by atoms with Crippen LogP contribution in [-0.2, 0) is 16.4 Å². The van der Waals surface area contributed by atoms with Crippen LogP contribution in [0.3, 0.4) is 0 Å². The highest BCUT2D eigenvalue weighted by Gasteiger charge is 2.30. The van der Waals surface area contributed by atoms with Gasteiger partial charge in [-0.3, -0.25) is 0 Å². The largest absolute Gasteiger partial charge is 0.374 e. The molecule has 1 aromatic rings. The smallest absolute Gasteiger partial charge is 0.243 e. The molecule has 22 heavy (non-hydrogen) atoms. The van der Waals surface area contributed by atoms with Crippen LogP contribution in [0.2, 0.25) is 0 Å². The van der Waals surface area contributed by atoms with Crippen molar-refractivity contribution >= 4 is 28.1 Å². The molecule has 1 N–H and O–H groups in total. The van der Waals surface area contributed by atoms with Crippen molar-refractivity contribution in [3.05, 3.63) is 23.8 Å². The van der Waals surface area contributed by atoms with Crippen molar-refractivity contribution in [2.75, 3.05) is 38.6 Å². The van der Waals surface area contributed by atoms with E-state index in [0.29, 0.717) is 18.0 Å². The molecule has 0 bridgehead atoms. The number of anilines is 1.